The molecule has 92 valence electrons. The molecule has 2 rings (SSSR count). The summed E-state index contributed by atoms with van der Waals surface area (Å²) in [4.78, 5) is 14.5. The number of halogens is 2. The van der Waals surface area contributed by atoms with E-state index in [2.05, 4.69) is 45.7 Å². The lowest BCUT2D eigenvalue weighted by Gasteiger charge is -2.32. The van der Waals surface area contributed by atoms with Crippen LogP contribution in [-0.4, -0.2) is 22.9 Å². The highest BCUT2D eigenvalue weighted by Crippen LogP contribution is 2.32. The van der Waals surface area contributed by atoms with Gasteiger partial charge in [0.1, 0.15) is 0 Å². The summed E-state index contributed by atoms with van der Waals surface area (Å²) < 4.78 is 1.79. The third kappa shape index (κ3) is 2.58. The molecule has 1 fully saturated rings. The third-order valence-corrected chi connectivity index (χ3v) is 4.49. The van der Waals surface area contributed by atoms with E-state index in [1.54, 1.807) is 0 Å². The highest BCUT2D eigenvalue weighted by molar-refractivity contribution is 9.11. The Kier molecular flexibility index (Phi) is 3.64. The maximum absolute atomic E-state index is 12.5. The predicted octanol–water partition coefficient (Wildman–Crippen LogP) is 4.23. The summed E-state index contributed by atoms with van der Waals surface area (Å²) >= 11 is 6.86. The number of nitrogens with zero attached hydrogens (tertiary/aromatic N) is 1. The van der Waals surface area contributed by atoms with Gasteiger partial charge >= 0.3 is 0 Å². The first kappa shape index (κ1) is 13.1. The minimum atomic E-state index is -0.0289. The van der Waals surface area contributed by atoms with Gasteiger partial charge < -0.3 is 4.90 Å². The molecular weight excluding hydrogens is 346 g/mol. The first-order chi connectivity index (χ1) is 7.92. The molecule has 1 saturated heterocycles. The number of hydrogen-bond acceptors (Lipinski definition) is 1. The summed E-state index contributed by atoms with van der Waals surface area (Å²) in [7, 11) is 0. The van der Waals surface area contributed by atoms with Gasteiger partial charge in [-0.1, -0.05) is 15.9 Å². The lowest BCUT2D eigenvalue weighted by molar-refractivity contribution is 0.0651. The second-order valence-electron chi connectivity index (χ2n) is 5.00. The van der Waals surface area contributed by atoms with E-state index in [0.29, 0.717) is 0 Å². The van der Waals surface area contributed by atoms with Crippen molar-refractivity contribution in [2.24, 2.45) is 0 Å². The Balaban J connectivity index is 2.34. The van der Waals surface area contributed by atoms with Crippen LogP contribution >= 0.6 is 31.9 Å². The third-order valence-electron chi connectivity index (χ3n) is 3.30. The van der Waals surface area contributed by atoms with Crippen LogP contribution in [0.1, 0.15) is 37.0 Å². The standard InChI is InChI=1S/C13H15Br2NO/c1-13(2)6-3-7-16(13)12(17)10-8-9(14)4-5-11(10)15/h4-5,8H,3,6-7H2,1-2H3. The number of hydrogen-bond donors (Lipinski definition) is 0. The first-order valence-electron chi connectivity index (χ1n) is 5.69. The van der Waals surface area contributed by atoms with Crippen LogP contribution in [0.5, 0.6) is 0 Å². The molecule has 17 heavy (non-hydrogen) atoms. The van der Waals surface area contributed by atoms with Crippen LogP contribution in [-0.2, 0) is 0 Å². The van der Waals surface area contributed by atoms with E-state index in [9.17, 15) is 4.79 Å². The van der Waals surface area contributed by atoms with Crippen molar-refractivity contribution in [1.82, 2.24) is 4.90 Å². The molecule has 1 aliphatic heterocycles. The Morgan fingerprint density at radius 1 is 1.35 bits per heavy atom. The first-order valence-corrected chi connectivity index (χ1v) is 7.27. The Labute approximate surface area is 119 Å². The lowest BCUT2D eigenvalue weighted by atomic mass is 10.0. The predicted molar refractivity (Wildman–Crippen MR) is 76.2 cm³/mol. The zero-order chi connectivity index (χ0) is 12.6. The number of rotatable bonds is 1. The molecule has 1 aliphatic rings. The minimum Gasteiger partial charge on any atom is -0.333 e. The van der Waals surface area contributed by atoms with Crippen molar-refractivity contribution in [1.29, 1.82) is 0 Å². The fraction of sp³-hybridized carbons (Fsp3) is 0.462. The molecule has 1 aromatic rings. The smallest absolute Gasteiger partial charge is 0.255 e. The van der Waals surface area contributed by atoms with Gasteiger partial charge in [0.2, 0.25) is 0 Å². The number of carbonyl (C=O) groups excluding carboxylic acids is 1. The molecule has 0 atom stereocenters. The molecule has 4 heteroatoms. The zero-order valence-corrected chi connectivity index (χ0v) is 13.1. The topological polar surface area (TPSA) is 20.3 Å². The molecule has 0 saturated carbocycles. The molecule has 1 heterocycles. The minimum absolute atomic E-state index is 0.0289. The van der Waals surface area contributed by atoms with Crippen molar-refractivity contribution in [2.45, 2.75) is 32.2 Å². The van der Waals surface area contributed by atoms with Gasteiger partial charge in [0.05, 0.1) is 5.56 Å². The van der Waals surface area contributed by atoms with Crippen LogP contribution in [0.4, 0.5) is 0 Å². The number of amides is 1. The van der Waals surface area contributed by atoms with E-state index in [4.69, 9.17) is 0 Å². The average Bonchev–Trinajstić information content (AvgIpc) is 2.61. The van der Waals surface area contributed by atoms with E-state index in [1.165, 1.54) is 0 Å². The van der Waals surface area contributed by atoms with Gasteiger partial charge in [0, 0.05) is 21.0 Å². The molecule has 0 unspecified atom stereocenters. The van der Waals surface area contributed by atoms with Crippen LogP contribution < -0.4 is 0 Å². The molecule has 2 nitrogen and oxygen atoms in total. The van der Waals surface area contributed by atoms with E-state index in [0.717, 1.165) is 33.9 Å². The molecule has 0 bridgehead atoms. The lowest BCUT2D eigenvalue weighted by Crippen LogP contribution is -2.42. The Hall–Kier alpha value is -0.350. The quantitative estimate of drug-likeness (QED) is 0.733. The van der Waals surface area contributed by atoms with E-state index < -0.39 is 0 Å². The molecule has 1 aromatic carbocycles. The van der Waals surface area contributed by atoms with Crippen molar-refractivity contribution in [3.05, 3.63) is 32.7 Å². The van der Waals surface area contributed by atoms with Gasteiger partial charge in [-0.3, -0.25) is 4.79 Å². The molecule has 1 amide bonds. The van der Waals surface area contributed by atoms with E-state index in [1.807, 2.05) is 23.1 Å². The maximum Gasteiger partial charge on any atom is 0.255 e. The Morgan fingerprint density at radius 3 is 2.65 bits per heavy atom. The largest absolute Gasteiger partial charge is 0.333 e. The molecule has 0 aliphatic carbocycles. The van der Waals surface area contributed by atoms with Crippen LogP contribution in [0.3, 0.4) is 0 Å². The number of carbonyl (C=O) groups is 1. The normalized spacial score (nSPS) is 18.5. The van der Waals surface area contributed by atoms with Crippen molar-refractivity contribution in [3.63, 3.8) is 0 Å². The summed E-state index contributed by atoms with van der Waals surface area (Å²) in [5, 5.41) is 0. The van der Waals surface area contributed by atoms with Crippen molar-refractivity contribution in [3.8, 4) is 0 Å². The van der Waals surface area contributed by atoms with Crippen molar-refractivity contribution < 1.29 is 4.79 Å². The fourth-order valence-electron chi connectivity index (χ4n) is 2.29. The summed E-state index contributed by atoms with van der Waals surface area (Å²) in [6, 6.07) is 5.71. The highest BCUT2D eigenvalue weighted by atomic mass is 79.9. The monoisotopic (exact) mass is 359 g/mol. The Morgan fingerprint density at radius 2 is 2.06 bits per heavy atom. The fourth-order valence-corrected chi connectivity index (χ4v) is 3.07. The highest BCUT2D eigenvalue weighted by Gasteiger charge is 2.36. The summed E-state index contributed by atoms with van der Waals surface area (Å²) in [6.45, 7) is 5.11. The Bertz CT molecular complexity index is 457. The number of benzene rings is 1. The van der Waals surface area contributed by atoms with E-state index >= 15 is 0 Å². The average molecular weight is 361 g/mol. The molecule has 0 N–H and O–H groups in total. The van der Waals surface area contributed by atoms with Gasteiger partial charge in [0.25, 0.3) is 5.91 Å². The van der Waals surface area contributed by atoms with Gasteiger partial charge in [-0.15, -0.1) is 0 Å². The van der Waals surface area contributed by atoms with Gasteiger partial charge in [-0.25, -0.2) is 0 Å². The van der Waals surface area contributed by atoms with Crippen LogP contribution in [0.2, 0.25) is 0 Å². The van der Waals surface area contributed by atoms with Gasteiger partial charge in [0.15, 0.2) is 0 Å². The van der Waals surface area contributed by atoms with Gasteiger partial charge in [-0.2, -0.15) is 0 Å². The van der Waals surface area contributed by atoms with Crippen LogP contribution in [0.15, 0.2) is 27.1 Å². The molecule has 0 radical (unpaired) electrons. The molecular formula is C13H15Br2NO. The second kappa shape index (κ2) is 4.73. The van der Waals surface area contributed by atoms with Gasteiger partial charge in [-0.05, 0) is 60.8 Å². The summed E-state index contributed by atoms with van der Waals surface area (Å²) in [5.41, 5.74) is 0.702. The second-order valence-corrected chi connectivity index (χ2v) is 6.77. The zero-order valence-electron chi connectivity index (χ0n) is 9.96. The molecule has 0 aromatic heterocycles. The molecule has 0 spiro atoms. The summed E-state index contributed by atoms with van der Waals surface area (Å²) in [5.74, 6) is 0.112. The van der Waals surface area contributed by atoms with Crippen molar-refractivity contribution in [2.75, 3.05) is 6.54 Å². The maximum atomic E-state index is 12.5. The number of likely N-dealkylation sites (tertiary alicyclic amines) is 1. The van der Waals surface area contributed by atoms with Crippen molar-refractivity contribution >= 4 is 37.8 Å². The van der Waals surface area contributed by atoms with Crippen LogP contribution in [0.25, 0.3) is 0 Å². The van der Waals surface area contributed by atoms with Crippen LogP contribution in [0, 0.1) is 0 Å². The summed E-state index contributed by atoms with van der Waals surface area (Å²) in [6.07, 6.45) is 2.16. The van der Waals surface area contributed by atoms with E-state index in [-0.39, 0.29) is 11.4 Å². The SMILES string of the molecule is CC1(C)CCCN1C(=O)c1cc(Br)ccc1Br.